The number of phenols is 1. The van der Waals surface area contributed by atoms with Crippen LogP contribution in [0.5, 0.6) is 5.75 Å². The first-order valence-electron chi connectivity index (χ1n) is 10.0. The van der Waals surface area contributed by atoms with E-state index in [-0.39, 0.29) is 34.5 Å². The molecule has 10 heteroatoms. The number of hydrogen-bond acceptors (Lipinski definition) is 6. The van der Waals surface area contributed by atoms with E-state index in [0.29, 0.717) is 38.3 Å². The van der Waals surface area contributed by atoms with Crippen LogP contribution in [0.2, 0.25) is 0 Å². The molecular weight excluding hydrogens is 425 g/mol. The molecule has 0 bridgehead atoms. The van der Waals surface area contributed by atoms with Crippen molar-refractivity contribution in [1.82, 2.24) is 19.9 Å². The Morgan fingerprint density at radius 3 is 2.56 bits per heavy atom. The molecular formula is C22H21F3N4O3. The minimum atomic E-state index is -4.45. The molecule has 1 aromatic heterocycles. The molecule has 0 unspecified atom stereocenters. The number of aromatic nitrogens is 2. The standard InChI is InChI=1S/C22H21F3N4O3/c1-14-4-2-7-17(19(14)30)21(31)29-10-8-28(9-11-29)13-18-26-20(27-32-18)15-5-3-6-16(12-15)22(23,24)25/h2-7,12,30H,8-11,13H2,1H3. The summed E-state index contributed by atoms with van der Waals surface area (Å²) in [6.45, 7) is 4.09. The fraction of sp³-hybridized carbons (Fsp3) is 0.318. The maximum Gasteiger partial charge on any atom is 0.416 e. The van der Waals surface area contributed by atoms with Gasteiger partial charge in [-0.05, 0) is 30.7 Å². The van der Waals surface area contributed by atoms with Crippen LogP contribution in [0.25, 0.3) is 11.4 Å². The minimum absolute atomic E-state index is 0.00656. The van der Waals surface area contributed by atoms with Gasteiger partial charge in [-0.3, -0.25) is 9.69 Å². The Labute approximate surface area is 182 Å². The van der Waals surface area contributed by atoms with E-state index in [1.54, 1.807) is 30.0 Å². The van der Waals surface area contributed by atoms with Crippen molar-refractivity contribution in [3.05, 3.63) is 65.0 Å². The number of phenolic OH excluding ortho intramolecular Hbond substituents is 1. The Hall–Kier alpha value is -3.40. The molecule has 1 aliphatic heterocycles. The SMILES string of the molecule is Cc1cccc(C(=O)N2CCN(Cc3nc(-c4cccc(C(F)(F)F)c4)no3)CC2)c1O. The molecule has 1 fully saturated rings. The van der Waals surface area contributed by atoms with Crippen molar-refractivity contribution in [2.75, 3.05) is 26.2 Å². The van der Waals surface area contributed by atoms with Crippen LogP contribution < -0.4 is 0 Å². The molecule has 0 atom stereocenters. The van der Waals surface area contributed by atoms with Crippen LogP contribution in [0.15, 0.2) is 47.0 Å². The number of carbonyl (C=O) groups is 1. The third-order valence-corrected chi connectivity index (χ3v) is 5.40. The number of piperazine rings is 1. The van der Waals surface area contributed by atoms with E-state index in [1.807, 2.05) is 4.90 Å². The maximum atomic E-state index is 12.9. The average molecular weight is 446 g/mol. The van der Waals surface area contributed by atoms with Crippen molar-refractivity contribution in [2.45, 2.75) is 19.6 Å². The summed E-state index contributed by atoms with van der Waals surface area (Å²) in [6.07, 6.45) is -4.45. The Balaban J connectivity index is 1.37. The van der Waals surface area contributed by atoms with Crippen LogP contribution in [-0.4, -0.2) is 57.1 Å². The summed E-state index contributed by atoms with van der Waals surface area (Å²) in [5, 5.41) is 14.0. The highest BCUT2D eigenvalue weighted by atomic mass is 19.4. The van der Waals surface area contributed by atoms with Gasteiger partial charge in [0, 0.05) is 31.7 Å². The van der Waals surface area contributed by atoms with Gasteiger partial charge in [0.25, 0.3) is 5.91 Å². The van der Waals surface area contributed by atoms with Crippen molar-refractivity contribution < 1.29 is 27.6 Å². The number of carbonyl (C=O) groups excluding carboxylic acids is 1. The van der Waals surface area contributed by atoms with Crippen molar-refractivity contribution in [3.63, 3.8) is 0 Å². The molecule has 2 heterocycles. The normalized spacial score (nSPS) is 15.2. The lowest BCUT2D eigenvalue weighted by molar-refractivity contribution is -0.137. The summed E-state index contributed by atoms with van der Waals surface area (Å²) >= 11 is 0. The Kier molecular flexibility index (Phi) is 5.88. The molecule has 0 radical (unpaired) electrons. The zero-order valence-corrected chi connectivity index (χ0v) is 17.3. The summed E-state index contributed by atoms with van der Waals surface area (Å²) in [4.78, 5) is 20.6. The second kappa shape index (κ2) is 8.62. The first-order valence-corrected chi connectivity index (χ1v) is 10.0. The molecule has 1 N–H and O–H groups in total. The van der Waals surface area contributed by atoms with Crippen molar-refractivity contribution in [2.24, 2.45) is 0 Å². The van der Waals surface area contributed by atoms with E-state index in [1.165, 1.54) is 12.1 Å². The Morgan fingerprint density at radius 2 is 1.84 bits per heavy atom. The molecule has 3 aromatic rings. The summed E-state index contributed by atoms with van der Waals surface area (Å²) in [5.41, 5.74) is 0.369. The van der Waals surface area contributed by atoms with Gasteiger partial charge in [0.15, 0.2) is 0 Å². The molecule has 0 saturated carbocycles. The summed E-state index contributed by atoms with van der Waals surface area (Å²) in [6, 6.07) is 9.84. The van der Waals surface area contributed by atoms with Gasteiger partial charge in [0.1, 0.15) is 5.75 Å². The number of rotatable bonds is 4. The molecule has 4 rings (SSSR count). The highest BCUT2D eigenvalue weighted by molar-refractivity contribution is 5.97. The third kappa shape index (κ3) is 4.59. The fourth-order valence-electron chi connectivity index (χ4n) is 3.57. The lowest BCUT2D eigenvalue weighted by Gasteiger charge is -2.34. The first kappa shape index (κ1) is 21.8. The van der Waals surface area contributed by atoms with E-state index in [0.717, 1.165) is 12.1 Å². The quantitative estimate of drug-likeness (QED) is 0.658. The molecule has 0 aliphatic carbocycles. The van der Waals surface area contributed by atoms with Crippen LogP contribution in [0.3, 0.4) is 0 Å². The van der Waals surface area contributed by atoms with Crippen LogP contribution >= 0.6 is 0 Å². The van der Waals surface area contributed by atoms with E-state index in [4.69, 9.17) is 4.52 Å². The van der Waals surface area contributed by atoms with Crippen molar-refractivity contribution in [3.8, 4) is 17.1 Å². The zero-order chi connectivity index (χ0) is 22.9. The van der Waals surface area contributed by atoms with Gasteiger partial charge in [-0.2, -0.15) is 18.2 Å². The number of nitrogens with zero attached hydrogens (tertiary/aromatic N) is 4. The molecule has 1 amide bonds. The Bertz CT molecular complexity index is 1120. The second-order valence-electron chi connectivity index (χ2n) is 7.63. The van der Waals surface area contributed by atoms with Gasteiger partial charge >= 0.3 is 6.18 Å². The largest absolute Gasteiger partial charge is 0.507 e. The third-order valence-electron chi connectivity index (χ3n) is 5.40. The number of alkyl halides is 3. The maximum absolute atomic E-state index is 12.9. The predicted molar refractivity (Wildman–Crippen MR) is 109 cm³/mol. The number of aryl methyl sites for hydroxylation is 1. The summed E-state index contributed by atoms with van der Waals surface area (Å²) < 4.78 is 44.0. The van der Waals surface area contributed by atoms with Crippen LogP contribution in [-0.2, 0) is 12.7 Å². The minimum Gasteiger partial charge on any atom is -0.507 e. The first-order chi connectivity index (χ1) is 15.2. The predicted octanol–water partition coefficient (Wildman–Crippen LogP) is 3.73. The molecule has 0 spiro atoms. The molecule has 168 valence electrons. The fourth-order valence-corrected chi connectivity index (χ4v) is 3.57. The molecule has 7 nitrogen and oxygen atoms in total. The smallest absolute Gasteiger partial charge is 0.416 e. The monoisotopic (exact) mass is 446 g/mol. The van der Waals surface area contributed by atoms with Gasteiger partial charge in [-0.1, -0.05) is 29.4 Å². The van der Waals surface area contributed by atoms with E-state index >= 15 is 0 Å². The van der Waals surface area contributed by atoms with Crippen molar-refractivity contribution in [1.29, 1.82) is 0 Å². The van der Waals surface area contributed by atoms with E-state index < -0.39 is 11.7 Å². The van der Waals surface area contributed by atoms with Gasteiger partial charge in [0.2, 0.25) is 11.7 Å². The molecule has 1 aliphatic rings. The lowest BCUT2D eigenvalue weighted by atomic mass is 10.1. The Morgan fingerprint density at radius 1 is 1.12 bits per heavy atom. The number of benzene rings is 2. The topological polar surface area (TPSA) is 82.7 Å². The summed E-state index contributed by atoms with van der Waals surface area (Å²) in [5.74, 6) is 0.145. The van der Waals surface area contributed by atoms with Gasteiger partial charge in [-0.25, -0.2) is 0 Å². The summed E-state index contributed by atoms with van der Waals surface area (Å²) in [7, 11) is 0. The number of para-hydroxylation sites is 1. The number of aromatic hydroxyl groups is 1. The number of amides is 1. The lowest BCUT2D eigenvalue weighted by Crippen LogP contribution is -2.48. The van der Waals surface area contributed by atoms with Gasteiger partial charge in [-0.15, -0.1) is 0 Å². The van der Waals surface area contributed by atoms with Crippen LogP contribution in [0.1, 0.15) is 27.4 Å². The molecule has 32 heavy (non-hydrogen) atoms. The molecule has 1 saturated heterocycles. The average Bonchev–Trinajstić information content (AvgIpc) is 3.24. The second-order valence-corrected chi connectivity index (χ2v) is 7.63. The van der Waals surface area contributed by atoms with Crippen LogP contribution in [0, 0.1) is 6.92 Å². The van der Waals surface area contributed by atoms with Gasteiger partial charge < -0.3 is 14.5 Å². The van der Waals surface area contributed by atoms with Gasteiger partial charge in [0.05, 0.1) is 17.7 Å². The van der Waals surface area contributed by atoms with Crippen molar-refractivity contribution >= 4 is 5.91 Å². The zero-order valence-electron chi connectivity index (χ0n) is 17.3. The highest BCUT2D eigenvalue weighted by Crippen LogP contribution is 2.31. The highest BCUT2D eigenvalue weighted by Gasteiger charge is 2.31. The van der Waals surface area contributed by atoms with E-state index in [2.05, 4.69) is 10.1 Å². The van der Waals surface area contributed by atoms with Crippen LogP contribution in [0.4, 0.5) is 13.2 Å². The number of hydrogen-bond donors (Lipinski definition) is 1. The molecule has 2 aromatic carbocycles. The van der Waals surface area contributed by atoms with E-state index in [9.17, 15) is 23.1 Å². The number of halogens is 3.